The summed E-state index contributed by atoms with van der Waals surface area (Å²) in [5, 5.41) is 3.05. The largest absolute Gasteiger partial charge is 0.493 e. The van der Waals surface area contributed by atoms with E-state index in [1.165, 1.54) is 5.56 Å². The molecule has 5 nitrogen and oxygen atoms in total. The van der Waals surface area contributed by atoms with E-state index < -0.39 is 0 Å². The van der Waals surface area contributed by atoms with Gasteiger partial charge in [-0.3, -0.25) is 4.79 Å². The van der Waals surface area contributed by atoms with Crippen LogP contribution in [0.2, 0.25) is 0 Å². The molecule has 1 N–H and O–H groups in total. The normalized spacial score (nSPS) is 13.3. The van der Waals surface area contributed by atoms with Crippen LogP contribution in [0, 0.1) is 5.92 Å². The molecule has 1 saturated carbocycles. The average Bonchev–Trinajstić information content (AvgIpc) is 3.56. The average molecular weight is 404 g/mol. The topological polar surface area (TPSA) is 56.1 Å². The Balaban J connectivity index is 1.34. The first-order valence-electron chi connectivity index (χ1n) is 10.8. The van der Waals surface area contributed by atoms with Crippen molar-refractivity contribution in [2.75, 3.05) is 6.61 Å². The summed E-state index contributed by atoms with van der Waals surface area (Å²) >= 11 is 0. The second kappa shape index (κ2) is 9.61. The molecule has 4 rings (SSSR count). The molecule has 156 valence electrons. The van der Waals surface area contributed by atoms with E-state index in [9.17, 15) is 4.79 Å². The Bertz CT molecular complexity index is 1020. The van der Waals surface area contributed by atoms with Crippen molar-refractivity contribution in [1.82, 2.24) is 14.9 Å². The van der Waals surface area contributed by atoms with Gasteiger partial charge in [-0.1, -0.05) is 36.4 Å². The molecule has 30 heavy (non-hydrogen) atoms. The number of aromatic nitrogens is 2. The van der Waals surface area contributed by atoms with Crippen molar-refractivity contribution in [3.63, 3.8) is 0 Å². The van der Waals surface area contributed by atoms with Gasteiger partial charge in [-0.2, -0.15) is 0 Å². The van der Waals surface area contributed by atoms with Crippen molar-refractivity contribution in [3.8, 4) is 5.75 Å². The van der Waals surface area contributed by atoms with Gasteiger partial charge in [0.05, 0.1) is 24.2 Å². The fourth-order valence-corrected chi connectivity index (χ4v) is 3.69. The van der Waals surface area contributed by atoms with E-state index in [2.05, 4.69) is 28.6 Å². The van der Waals surface area contributed by atoms with E-state index in [4.69, 9.17) is 9.72 Å². The highest BCUT2D eigenvalue weighted by atomic mass is 16.5. The van der Waals surface area contributed by atoms with Gasteiger partial charge in [0, 0.05) is 12.5 Å². The number of nitrogens with one attached hydrogen (secondary N) is 1. The number of carbonyl (C=O) groups is 1. The molecule has 3 aromatic rings. The van der Waals surface area contributed by atoms with Crippen molar-refractivity contribution in [1.29, 1.82) is 0 Å². The summed E-state index contributed by atoms with van der Waals surface area (Å²) in [4.78, 5) is 16.8. The van der Waals surface area contributed by atoms with Crippen LogP contribution >= 0.6 is 0 Å². The summed E-state index contributed by atoms with van der Waals surface area (Å²) in [6.07, 6.45) is 6.66. The SMILES string of the molecule is C=CCc1ccccc1OCCCCn1c(CNC(=O)C2CC2)nc2ccccc21. The maximum atomic E-state index is 12.0. The minimum atomic E-state index is 0.153. The maximum Gasteiger partial charge on any atom is 0.223 e. The molecular weight excluding hydrogens is 374 g/mol. The molecule has 1 aliphatic carbocycles. The van der Waals surface area contributed by atoms with E-state index in [1.54, 1.807) is 0 Å². The number of para-hydroxylation sites is 3. The zero-order chi connectivity index (χ0) is 20.8. The monoisotopic (exact) mass is 403 g/mol. The van der Waals surface area contributed by atoms with Crippen LogP contribution in [-0.2, 0) is 24.3 Å². The standard InChI is InChI=1S/C25H29N3O2/c1-2-9-19-10-3-6-13-23(19)30-17-8-7-16-28-22-12-5-4-11-21(22)27-24(28)18-26-25(29)20-14-15-20/h2-6,10-13,20H,1,7-9,14-18H2,(H,26,29). The fourth-order valence-electron chi connectivity index (χ4n) is 3.69. The zero-order valence-electron chi connectivity index (χ0n) is 17.3. The molecule has 0 aliphatic heterocycles. The number of amides is 1. The Morgan fingerprint density at radius 3 is 2.80 bits per heavy atom. The van der Waals surface area contributed by atoms with Crippen molar-refractivity contribution >= 4 is 16.9 Å². The van der Waals surface area contributed by atoms with Gasteiger partial charge >= 0.3 is 0 Å². The summed E-state index contributed by atoms with van der Waals surface area (Å²) in [6.45, 7) is 5.83. The maximum absolute atomic E-state index is 12.0. The van der Waals surface area contributed by atoms with Gasteiger partial charge < -0.3 is 14.6 Å². The van der Waals surface area contributed by atoms with Crippen LogP contribution in [0.3, 0.4) is 0 Å². The first kappa shape index (κ1) is 20.2. The van der Waals surface area contributed by atoms with Gasteiger partial charge in [-0.25, -0.2) is 4.98 Å². The number of rotatable bonds is 11. The minimum absolute atomic E-state index is 0.153. The van der Waals surface area contributed by atoms with E-state index in [0.717, 1.165) is 61.3 Å². The number of carbonyl (C=O) groups excluding carboxylic acids is 1. The molecule has 1 amide bonds. The molecular formula is C25H29N3O2. The smallest absolute Gasteiger partial charge is 0.223 e. The molecule has 0 unspecified atom stereocenters. The highest BCUT2D eigenvalue weighted by molar-refractivity contribution is 5.81. The number of fused-ring (bicyclic) bond motifs is 1. The quantitative estimate of drug-likeness (QED) is 0.374. The van der Waals surface area contributed by atoms with E-state index in [1.807, 2.05) is 42.5 Å². The Morgan fingerprint density at radius 2 is 1.97 bits per heavy atom. The van der Waals surface area contributed by atoms with E-state index in [0.29, 0.717) is 13.2 Å². The lowest BCUT2D eigenvalue weighted by Gasteiger charge is -2.12. The molecule has 0 radical (unpaired) electrons. The van der Waals surface area contributed by atoms with Crippen molar-refractivity contribution < 1.29 is 9.53 Å². The van der Waals surface area contributed by atoms with Gasteiger partial charge in [-0.05, 0) is 55.9 Å². The van der Waals surface area contributed by atoms with Gasteiger partial charge in [0.15, 0.2) is 0 Å². The summed E-state index contributed by atoms with van der Waals surface area (Å²) < 4.78 is 8.24. The number of imidazole rings is 1. The van der Waals surface area contributed by atoms with Crippen molar-refractivity contribution in [2.24, 2.45) is 5.92 Å². The molecule has 0 bridgehead atoms. The third-order valence-electron chi connectivity index (χ3n) is 5.47. The first-order valence-corrected chi connectivity index (χ1v) is 10.8. The van der Waals surface area contributed by atoms with Crippen LogP contribution in [0.25, 0.3) is 11.0 Å². The number of hydrogen-bond acceptors (Lipinski definition) is 3. The Morgan fingerprint density at radius 1 is 1.17 bits per heavy atom. The number of aryl methyl sites for hydroxylation is 1. The van der Waals surface area contributed by atoms with Crippen LogP contribution in [-0.4, -0.2) is 22.1 Å². The molecule has 1 heterocycles. The lowest BCUT2D eigenvalue weighted by molar-refractivity contribution is -0.122. The number of allylic oxidation sites excluding steroid dienone is 1. The van der Waals surface area contributed by atoms with E-state index in [-0.39, 0.29) is 11.8 Å². The number of nitrogens with zero attached hydrogens (tertiary/aromatic N) is 2. The van der Waals surface area contributed by atoms with E-state index >= 15 is 0 Å². The molecule has 0 spiro atoms. The predicted molar refractivity (Wildman–Crippen MR) is 119 cm³/mol. The lowest BCUT2D eigenvalue weighted by atomic mass is 10.1. The second-order valence-corrected chi connectivity index (χ2v) is 7.82. The lowest BCUT2D eigenvalue weighted by Crippen LogP contribution is -2.26. The van der Waals surface area contributed by atoms with Crippen LogP contribution in [0.15, 0.2) is 61.2 Å². The van der Waals surface area contributed by atoms with Gasteiger partial charge in [0.2, 0.25) is 5.91 Å². The summed E-state index contributed by atoms with van der Waals surface area (Å²) in [6, 6.07) is 16.3. The predicted octanol–water partition coefficient (Wildman–Crippen LogP) is 4.65. The Kier molecular flexibility index (Phi) is 6.47. The fraction of sp³-hybridized carbons (Fsp3) is 0.360. The first-order chi connectivity index (χ1) is 14.8. The molecule has 1 aliphatic rings. The van der Waals surface area contributed by atoms with Crippen LogP contribution < -0.4 is 10.1 Å². The molecule has 0 saturated heterocycles. The van der Waals surface area contributed by atoms with Gasteiger partial charge in [0.25, 0.3) is 0 Å². The van der Waals surface area contributed by atoms with Gasteiger partial charge in [0.1, 0.15) is 11.6 Å². The van der Waals surface area contributed by atoms with Gasteiger partial charge in [-0.15, -0.1) is 6.58 Å². The number of benzene rings is 2. The highest BCUT2D eigenvalue weighted by Crippen LogP contribution is 2.29. The minimum Gasteiger partial charge on any atom is -0.493 e. The number of unbranched alkanes of at least 4 members (excludes halogenated alkanes) is 1. The molecule has 0 atom stereocenters. The zero-order valence-corrected chi connectivity index (χ0v) is 17.3. The number of hydrogen-bond donors (Lipinski definition) is 1. The Hall–Kier alpha value is -3.08. The Labute approximate surface area is 177 Å². The third kappa shape index (κ3) is 4.90. The van der Waals surface area contributed by atoms with Crippen LogP contribution in [0.1, 0.15) is 37.1 Å². The number of ether oxygens (including phenoxy) is 1. The molecule has 1 aromatic heterocycles. The summed E-state index contributed by atoms with van der Waals surface area (Å²) in [7, 11) is 0. The highest BCUT2D eigenvalue weighted by Gasteiger charge is 2.29. The summed E-state index contributed by atoms with van der Waals surface area (Å²) in [5.41, 5.74) is 3.26. The molecule has 1 fully saturated rings. The second-order valence-electron chi connectivity index (χ2n) is 7.82. The molecule has 5 heteroatoms. The summed E-state index contributed by atoms with van der Waals surface area (Å²) in [5.74, 6) is 2.22. The van der Waals surface area contributed by atoms with Crippen LogP contribution in [0.4, 0.5) is 0 Å². The third-order valence-corrected chi connectivity index (χ3v) is 5.47. The van der Waals surface area contributed by atoms with Crippen LogP contribution in [0.5, 0.6) is 5.75 Å². The van der Waals surface area contributed by atoms with Crippen molar-refractivity contribution in [3.05, 3.63) is 72.6 Å². The molecule has 2 aromatic carbocycles. The van der Waals surface area contributed by atoms with Crippen molar-refractivity contribution in [2.45, 2.75) is 45.2 Å².